The van der Waals surface area contributed by atoms with Gasteiger partial charge in [0, 0.05) is 24.0 Å². The molecule has 1 aromatic rings. The zero-order chi connectivity index (χ0) is 20.8. The van der Waals surface area contributed by atoms with Crippen molar-refractivity contribution in [1.29, 1.82) is 0 Å². The molecule has 2 unspecified atom stereocenters. The number of nitrogens with zero attached hydrogens (tertiary/aromatic N) is 1. The Bertz CT molecular complexity index is 666. The molecule has 7 heteroatoms. The first-order chi connectivity index (χ1) is 14.0. The van der Waals surface area contributed by atoms with Crippen LogP contribution in [0.1, 0.15) is 56.7 Å². The summed E-state index contributed by atoms with van der Waals surface area (Å²) in [4.78, 5) is 28.0. The van der Waals surface area contributed by atoms with Crippen LogP contribution in [-0.2, 0) is 16.0 Å². The van der Waals surface area contributed by atoms with Gasteiger partial charge < -0.3 is 20.4 Å². The van der Waals surface area contributed by atoms with Gasteiger partial charge in [-0.05, 0) is 55.4 Å². The number of aliphatic hydroxyl groups is 2. The highest BCUT2D eigenvalue weighted by atomic mass is 32.1. The molecule has 0 bridgehead atoms. The number of likely N-dealkylation sites (tertiary alicyclic amines) is 1. The van der Waals surface area contributed by atoms with E-state index in [-0.39, 0.29) is 6.04 Å². The summed E-state index contributed by atoms with van der Waals surface area (Å²) in [7, 11) is 0. The van der Waals surface area contributed by atoms with Crippen LogP contribution >= 0.6 is 11.3 Å². The number of aliphatic hydroxyl groups excluding tert-OH is 2. The van der Waals surface area contributed by atoms with Gasteiger partial charge in [0.2, 0.25) is 0 Å². The standard InChI is InChI=1S/C22H34N2O4S/c1-15-5-2-6-16(10-9-15)18-8-3-13-24(18)22(28)20(26)19(25)21(27)23-12-11-17-7-4-14-29-17/h4,7,14-16,18-20,25-26H,2-3,5-6,8-13H2,1H3,(H,23,27)/t15?,16?,18-,19+,20+/m0/s1. The third-order valence-corrected chi connectivity index (χ3v) is 7.44. The van der Waals surface area contributed by atoms with Crippen LogP contribution in [0.4, 0.5) is 0 Å². The lowest BCUT2D eigenvalue weighted by Crippen LogP contribution is -2.53. The van der Waals surface area contributed by atoms with Gasteiger partial charge >= 0.3 is 0 Å². The highest BCUT2D eigenvalue weighted by Gasteiger charge is 2.40. The molecule has 1 saturated carbocycles. The van der Waals surface area contributed by atoms with Crippen LogP contribution in [0.5, 0.6) is 0 Å². The first-order valence-electron chi connectivity index (χ1n) is 10.9. The van der Waals surface area contributed by atoms with E-state index in [2.05, 4.69) is 12.2 Å². The van der Waals surface area contributed by atoms with Crippen molar-refractivity contribution < 1.29 is 19.8 Å². The predicted octanol–water partition coefficient (Wildman–Crippen LogP) is 2.34. The number of amides is 2. The van der Waals surface area contributed by atoms with Gasteiger partial charge in [-0.2, -0.15) is 0 Å². The zero-order valence-corrected chi connectivity index (χ0v) is 18.1. The van der Waals surface area contributed by atoms with Crippen molar-refractivity contribution in [2.24, 2.45) is 11.8 Å². The second kappa shape index (κ2) is 10.5. The summed E-state index contributed by atoms with van der Waals surface area (Å²) in [6, 6.07) is 4.05. The van der Waals surface area contributed by atoms with E-state index in [1.165, 1.54) is 19.3 Å². The first kappa shape index (κ1) is 22.2. The maximum Gasteiger partial charge on any atom is 0.254 e. The summed E-state index contributed by atoms with van der Waals surface area (Å²) in [6.07, 6.45) is 4.90. The predicted molar refractivity (Wildman–Crippen MR) is 114 cm³/mol. The van der Waals surface area contributed by atoms with Gasteiger partial charge in [0.05, 0.1) is 0 Å². The molecule has 2 fully saturated rings. The zero-order valence-electron chi connectivity index (χ0n) is 17.3. The van der Waals surface area contributed by atoms with Crippen molar-refractivity contribution in [3.05, 3.63) is 22.4 Å². The molecule has 0 aromatic carbocycles. The van der Waals surface area contributed by atoms with E-state index in [1.54, 1.807) is 16.2 Å². The van der Waals surface area contributed by atoms with Gasteiger partial charge in [-0.15, -0.1) is 11.3 Å². The molecular formula is C22H34N2O4S. The number of thiophene rings is 1. The molecule has 29 heavy (non-hydrogen) atoms. The SMILES string of the molecule is CC1CCCC([C@@H]2CCCN2C(=O)[C@H](O)[C@@H](O)C(=O)NCCc2cccs2)CC1. The van der Waals surface area contributed by atoms with Crippen LogP contribution < -0.4 is 5.32 Å². The van der Waals surface area contributed by atoms with Gasteiger partial charge in [-0.1, -0.05) is 32.3 Å². The number of rotatable bonds is 7. The van der Waals surface area contributed by atoms with Crippen LogP contribution in [0.15, 0.2) is 17.5 Å². The Morgan fingerprint density at radius 3 is 2.76 bits per heavy atom. The van der Waals surface area contributed by atoms with Gasteiger partial charge in [0.15, 0.2) is 12.2 Å². The number of hydrogen-bond donors (Lipinski definition) is 3. The minimum atomic E-state index is -1.73. The van der Waals surface area contributed by atoms with Crippen LogP contribution in [0, 0.1) is 11.8 Å². The van der Waals surface area contributed by atoms with E-state index in [0.717, 1.165) is 36.5 Å². The molecular weight excluding hydrogens is 388 g/mol. The van der Waals surface area contributed by atoms with Crippen molar-refractivity contribution in [1.82, 2.24) is 10.2 Å². The van der Waals surface area contributed by atoms with E-state index >= 15 is 0 Å². The fraction of sp³-hybridized carbons (Fsp3) is 0.727. The summed E-state index contributed by atoms with van der Waals surface area (Å²) in [5.41, 5.74) is 0. The third kappa shape index (κ3) is 5.80. The molecule has 6 nitrogen and oxygen atoms in total. The Morgan fingerprint density at radius 1 is 1.17 bits per heavy atom. The second-order valence-corrected chi connectivity index (χ2v) is 9.66. The fourth-order valence-corrected chi connectivity index (χ4v) is 5.48. The lowest BCUT2D eigenvalue weighted by atomic mass is 9.89. The fourth-order valence-electron chi connectivity index (χ4n) is 4.77. The number of carbonyl (C=O) groups excluding carboxylic acids is 2. The molecule has 1 saturated heterocycles. The maximum atomic E-state index is 12.9. The Balaban J connectivity index is 1.52. The number of nitrogens with one attached hydrogen (secondary N) is 1. The molecule has 2 aliphatic rings. The maximum absolute atomic E-state index is 12.9. The molecule has 162 valence electrons. The van der Waals surface area contributed by atoms with E-state index in [9.17, 15) is 19.8 Å². The second-order valence-electron chi connectivity index (χ2n) is 8.62. The molecule has 0 radical (unpaired) electrons. The highest BCUT2D eigenvalue weighted by molar-refractivity contribution is 7.09. The van der Waals surface area contributed by atoms with Crippen molar-refractivity contribution in [2.75, 3.05) is 13.1 Å². The van der Waals surface area contributed by atoms with Gasteiger partial charge in [0.25, 0.3) is 11.8 Å². The molecule has 3 rings (SSSR count). The Hall–Kier alpha value is -1.44. The van der Waals surface area contributed by atoms with Crippen LogP contribution in [0.2, 0.25) is 0 Å². The smallest absolute Gasteiger partial charge is 0.254 e. The monoisotopic (exact) mass is 422 g/mol. The van der Waals surface area contributed by atoms with Gasteiger partial charge in [-0.3, -0.25) is 9.59 Å². The molecule has 2 amide bonds. The molecule has 1 aromatic heterocycles. The van der Waals surface area contributed by atoms with Crippen LogP contribution in [0.3, 0.4) is 0 Å². The molecule has 3 N–H and O–H groups in total. The van der Waals surface area contributed by atoms with Crippen molar-refractivity contribution in [2.45, 2.75) is 76.5 Å². The number of hydrogen-bond acceptors (Lipinski definition) is 5. The largest absolute Gasteiger partial charge is 0.380 e. The first-order valence-corrected chi connectivity index (χ1v) is 11.8. The topological polar surface area (TPSA) is 89.9 Å². The van der Waals surface area contributed by atoms with Crippen molar-refractivity contribution in [3.63, 3.8) is 0 Å². The molecule has 1 aliphatic heterocycles. The Morgan fingerprint density at radius 2 is 2.00 bits per heavy atom. The summed E-state index contributed by atoms with van der Waals surface area (Å²) in [5, 5.41) is 25.2. The molecule has 1 aliphatic carbocycles. The van der Waals surface area contributed by atoms with Crippen molar-refractivity contribution in [3.8, 4) is 0 Å². The summed E-state index contributed by atoms with van der Waals surface area (Å²) >= 11 is 1.60. The lowest BCUT2D eigenvalue weighted by Gasteiger charge is -2.33. The number of carbonyl (C=O) groups is 2. The van der Waals surface area contributed by atoms with E-state index in [1.807, 2.05) is 17.5 Å². The van der Waals surface area contributed by atoms with Crippen molar-refractivity contribution >= 4 is 23.2 Å². The average Bonchev–Trinajstić information content (AvgIpc) is 3.36. The normalized spacial score (nSPS) is 27.3. The summed E-state index contributed by atoms with van der Waals surface area (Å²) in [6.45, 7) is 3.25. The van der Waals surface area contributed by atoms with Gasteiger partial charge in [-0.25, -0.2) is 0 Å². The van der Waals surface area contributed by atoms with E-state index < -0.39 is 24.0 Å². The quantitative estimate of drug-likeness (QED) is 0.589. The molecule has 5 atom stereocenters. The molecule has 0 spiro atoms. The molecule has 2 heterocycles. The van der Waals surface area contributed by atoms with Crippen LogP contribution in [-0.4, -0.2) is 58.3 Å². The minimum Gasteiger partial charge on any atom is -0.380 e. The third-order valence-electron chi connectivity index (χ3n) is 6.50. The average molecular weight is 423 g/mol. The van der Waals surface area contributed by atoms with E-state index in [0.29, 0.717) is 25.4 Å². The lowest BCUT2D eigenvalue weighted by molar-refractivity contribution is -0.154. The Labute approximate surface area is 177 Å². The van der Waals surface area contributed by atoms with Crippen LogP contribution in [0.25, 0.3) is 0 Å². The summed E-state index contributed by atoms with van der Waals surface area (Å²) in [5.74, 6) is -0.0154. The summed E-state index contributed by atoms with van der Waals surface area (Å²) < 4.78 is 0. The van der Waals surface area contributed by atoms with E-state index in [4.69, 9.17) is 0 Å². The Kier molecular flexibility index (Phi) is 8.09. The highest BCUT2D eigenvalue weighted by Crippen LogP contribution is 2.35. The minimum absolute atomic E-state index is 0.122. The van der Waals surface area contributed by atoms with Gasteiger partial charge in [0.1, 0.15) is 0 Å².